The van der Waals surface area contributed by atoms with Gasteiger partial charge in [0.1, 0.15) is 11.6 Å². The summed E-state index contributed by atoms with van der Waals surface area (Å²) in [5.41, 5.74) is 4.89. The molecule has 1 amide bonds. The lowest BCUT2D eigenvalue weighted by atomic mass is 9.95. The van der Waals surface area contributed by atoms with E-state index >= 15 is 0 Å². The van der Waals surface area contributed by atoms with E-state index in [4.69, 9.17) is 25.5 Å². The molecule has 0 aromatic heterocycles. The quantitative estimate of drug-likeness (QED) is 0.283. The fourth-order valence-corrected chi connectivity index (χ4v) is 3.23. The Morgan fingerprint density at radius 1 is 1.22 bits per heavy atom. The molecule has 1 aromatic rings. The minimum atomic E-state index is -5.08. The number of aliphatic hydroxyl groups is 2. The molecule has 1 fully saturated rings. The van der Waals surface area contributed by atoms with Crippen LogP contribution in [0.4, 0.5) is 13.2 Å². The van der Waals surface area contributed by atoms with Crippen LogP contribution in [0.3, 0.4) is 0 Å². The highest BCUT2D eigenvalue weighted by Gasteiger charge is 2.38. The number of alkyl halides is 3. The highest BCUT2D eigenvalue weighted by molar-refractivity contribution is 5.97. The van der Waals surface area contributed by atoms with Crippen LogP contribution in [0.5, 0.6) is 0 Å². The van der Waals surface area contributed by atoms with E-state index in [0.717, 1.165) is 6.42 Å². The van der Waals surface area contributed by atoms with Crippen molar-refractivity contribution < 1.29 is 47.6 Å². The number of rotatable bonds is 5. The number of carboxylic acid groups (broad SMARTS) is 1. The smallest absolute Gasteiger partial charge is 0.475 e. The average Bonchev–Trinajstić information content (AvgIpc) is 3.20. The Labute approximate surface area is 212 Å². The molecule has 1 aromatic carbocycles. The second kappa shape index (κ2) is 13.1. The Balaban J connectivity index is 0.000000856. The van der Waals surface area contributed by atoms with Gasteiger partial charge in [-0.2, -0.15) is 13.2 Å². The van der Waals surface area contributed by atoms with Gasteiger partial charge in [-0.15, -0.1) is 0 Å². The molecule has 0 spiro atoms. The minimum Gasteiger partial charge on any atom is -0.475 e. The predicted molar refractivity (Wildman–Crippen MR) is 126 cm³/mol. The van der Waals surface area contributed by atoms with E-state index in [1.54, 1.807) is 38.1 Å². The van der Waals surface area contributed by atoms with Crippen molar-refractivity contribution in [1.82, 2.24) is 5.32 Å². The van der Waals surface area contributed by atoms with Crippen LogP contribution in [0.2, 0.25) is 0 Å². The largest absolute Gasteiger partial charge is 0.490 e. The molecule has 37 heavy (non-hydrogen) atoms. The average molecular weight is 527 g/mol. The molecule has 0 radical (unpaired) electrons. The first kappa shape index (κ1) is 31.4. The number of carboxylic acids is 1. The third-order valence-electron chi connectivity index (χ3n) is 5.26. The number of nitrogens with two attached hydrogens (primary N) is 1. The number of ether oxygens (including phenoxy) is 1. The van der Waals surface area contributed by atoms with Crippen molar-refractivity contribution in [2.75, 3.05) is 13.7 Å². The maximum absolute atomic E-state index is 12.4. The summed E-state index contributed by atoms with van der Waals surface area (Å²) in [6.45, 7) is 3.31. The molecular weight excluding hydrogens is 497 g/mol. The monoisotopic (exact) mass is 526 g/mol. The van der Waals surface area contributed by atoms with E-state index in [0.29, 0.717) is 24.0 Å². The molecule has 1 saturated carbocycles. The maximum Gasteiger partial charge on any atom is 0.490 e. The molecule has 1 aliphatic carbocycles. The Kier molecular flexibility index (Phi) is 11.1. The van der Waals surface area contributed by atoms with Gasteiger partial charge < -0.3 is 31.1 Å². The molecule has 6 N–H and O–H groups in total. The van der Waals surface area contributed by atoms with Crippen molar-refractivity contribution in [3.63, 3.8) is 0 Å². The standard InChI is InChI=1S/C23H28N2O5.C2HF3O2/c1-22(2,24)19(21(28)30-3)25-20(27)18-9-7-16(8-10-18)6-4-5-12-23(29)13-11-17(14-23)15-26;3-2(4,5)1(6)7/h7-10,17,19,26,29H,11,13-15,24H2,1-3H3,(H,25,27);(H,6,7)/t17?,19-,23?;/m1./s1. The molecule has 2 rings (SSSR count). The van der Waals surface area contributed by atoms with Crippen molar-refractivity contribution in [2.24, 2.45) is 11.7 Å². The molecule has 2 unspecified atom stereocenters. The minimum absolute atomic E-state index is 0.0543. The first-order valence-electron chi connectivity index (χ1n) is 11.0. The van der Waals surface area contributed by atoms with Crippen LogP contribution in [0, 0.1) is 29.6 Å². The fraction of sp³-hybridized carbons (Fsp3) is 0.480. The van der Waals surface area contributed by atoms with Crippen LogP contribution < -0.4 is 11.1 Å². The topological polar surface area (TPSA) is 159 Å². The van der Waals surface area contributed by atoms with Crippen molar-refractivity contribution in [3.05, 3.63) is 35.4 Å². The third kappa shape index (κ3) is 10.5. The van der Waals surface area contributed by atoms with E-state index in [1.165, 1.54) is 7.11 Å². The zero-order valence-electron chi connectivity index (χ0n) is 20.5. The van der Waals surface area contributed by atoms with Crippen LogP contribution in [-0.4, -0.2) is 70.2 Å². The van der Waals surface area contributed by atoms with Gasteiger partial charge in [0.2, 0.25) is 0 Å². The molecule has 0 heterocycles. The third-order valence-corrected chi connectivity index (χ3v) is 5.26. The van der Waals surface area contributed by atoms with Crippen molar-refractivity contribution in [3.8, 4) is 23.7 Å². The van der Waals surface area contributed by atoms with E-state index in [2.05, 4.69) is 29.0 Å². The number of carbonyl (C=O) groups is 3. The van der Waals surface area contributed by atoms with Crippen molar-refractivity contribution in [2.45, 2.75) is 56.5 Å². The van der Waals surface area contributed by atoms with Gasteiger partial charge in [-0.3, -0.25) is 4.79 Å². The van der Waals surface area contributed by atoms with Crippen molar-refractivity contribution >= 4 is 17.8 Å². The summed E-state index contributed by atoms with van der Waals surface area (Å²) in [7, 11) is 1.24. The lowest BCUT2D eigenvalue weighted by Crippen LogP contribution is -2.59. The van der Waals surface area contributed by atoms with Crippen LogP contribution in [0.15, 0.2) is 24.3 Å². The zero-order valence-corrected chi connectivity index (χ0v) is 20.5. The van der Waals surface area contributed by atoms with Crippen LogP contribution in [0.25, 0.3) is 0 Å². The molecule has 0 aliphatic heterocycles. The Morgan fingerprint density at radius 2 is 1.78 bits per heavy atom. The number of aliphatic carboxylic acids is 1. The molecule has 0 saturated heterocycles. The SMILES string of the molecule is COC(=O)[C@@H](NC(=O)c1ccc(C#CC#CC2(O)CCC(CO)C2)cc1)C(C)(C)N.O=C(O)C(F)(F)F. The van der Waals surface area contributed by atoms with Gasteiger partial charge in [-0.05, 0) is 75.1 Å². The summed E-state index contributed by atoms with van der Waals surface area (Å²) in [6, 6.07) is 5.51. The summed E-state index contributed by atoms with van der Waals surface area (Å²) in [5, 5.41) is 29.2. The predicted octanol–water partition coefficient (Wildman–Crippen LogP) is 1.21. The molecular formula is C25H29F3N2O7. The number of methoxy groups -OCH3 is 1. The summed E-state index contributed by atoms with van der Waals surface area (Å²) in [5.74, 6) is 7.26. The molecule has 12 heteroatoms. The Bertz CT molecular complexity index is 1090. The second-order valence-corrected chi connectivity index (χ2v) is 8.95. The lowest BCUT2D eigenvalue weighted by Gasteiger charge is -2.28. The summed E-state index contributed by atoms with van der Waals surface area (Å²) in [4.78, 5) is 33.2. The zero-order chi connectivity index (χ0) is 28.4. The van der Waals surface area contributed by atoms with E-state index in [1.807, 2.05) is 0 Å². The number of aliphatic hydroxyl groups excluding tert-OH is 1. The molecule has 202 valence electrons. The lowest BCUT2D eigenvalue weighted by molar-refractivity contribution is -0.192. The second-order valence-electron chi connectivity index (χ2n) is 8.95. The summed E-state index contributed by atoms with van der Waals surface area (Å²) >= 11 is 0. The van der Waals surface area contributed by atoms with Crippen LogP contribution in [-0.2, 0) is 14.3 Å². The number of nitrogens with one attached hydrogen (secondary N) is 1. The first-order valence-corrected chi connectivity index (χ1v) is 11.0. The Hall–Kier alpha value is -3.58. The fourth-order valence-electron chi connectivity index (χ4n) is 3.23. The maximum atomic E-state index is 12.4. The van der Waals surface area contributed by atoms with Gasteiger partial charge >= 0.3 is 18.1 Å². The number of carbonyl (C=O) groups excluding carboxylic acids is 2. The van der Waals surface area contributed by atoms with Gasteiger partial charge in [-0.25, -0.2) is 9.59 Å². The number of benzene rings is 1. The van der Waals surface area contributed by atoms with Crippen molar-refractivity contribution in [1.29, 1.82) is 0 Å². The number of hydrogen-bond acceptors (Lipinski definition) is 7. The van der Waals surface area contributed by atoms with Gasteiger partial charge in [0.25, 0.3) is 5.91 Å². The number of amides is 1. The Morgan fingerprint density at radius 3 is 2.22 bits per heavy atom. The summed E-state index contributed by atoms with van der Waals surface area (Å²) < 4.78 is 36.4. The van der Waals surface area contributed by atoms with Gasteiger partial charge in [0.05, 0.1) is 7.11 Å². The summed E-state index contributed by atoms with van der Waals surface area (Å²) in [6.07, 6.45) is -3.35. The van der Waals surface area contributed by atoms with Gasteiger partial charge in [0, 0.05) is 23.3 Å². The number of hydrogen-bond donors (Lipinski definition) is 5. The normalized spacial score (nSPS) is 19.5. The van der Waals surface area contributed by atoms with Gasteiger partial charge in [-0.1, -0.05) is 11.8 Å². The molecule has 9 nitrogen and oxygen atoms in total. The number of esters is 1. The van der Waals surface area contributed by atoms with Crippen LogP contribution >= 0.6 is 0 Å². The first-order chi connectivity index (χ1) is 17.0. The molecule has 0 bridgehead atoms. The van der Waals surface area contributed by atoms with E-state index in [9.17, 15) is 27.9 Å². The number of halogens is 3. The van der Waals surface area contributed by atoms with E-state index in [-0.39, 0.29) is 12.5 Å². The molecule has 1 aliphatic rings. The highest BCUT2D eigenvalue weighted by atomic mass is 19.4. The van der Waals surface area contributed by atoms with Gasteiger partial charge in [0.15, 0.2) is 0 Å². The highest BCUT2D eigenvalue weighted by Crippen LogP contribution is 2.33. The van der Waals surface area contributed by atoms with E-state index < -0.39 is 41.2 Å². The molecule has 3 atom stereocenters. The van der Waals surface area contributed by atoms with Crippen LogP contribution in [0.1, 0.15) is 49.0 Å².